The molecule has 10 heteroatoms. The molecule has 0 atom stereocenters. The summed E-state index contributed by atoms with van der Waals surface area (Å²) in [4.78, 5) is 23.3. The van der Waals surface area contributed by atoms with Gasteiger partial charge in [-0.1, -0.05) is 11.3 Å². The minimum Gasteiger partial charge on any atom is -0.495 e. The lowest BCUT2D eigenvalue weighted by atomic mass is 10.2. The number of esters is 1. The molecule has 3 rings (SSSR count). The molecular formula is C17H16N2O6S2. The fourth-order valence-electron chi connectivity index (χ4n) is 2.52. The molecule has 27 heavy (non-hydrogen) atoms. The molecule has 0 unspecified atom stereocenters. The first kappa shape index (κ1) is 18.9. The van der Waals surface area contributed by atoms with E-state index >= 15 is 0 Å². The lowest BCUT2D eigenvalue weighted by Gasteiger charge is -2.13. The number of anilines is 1. The zero-order valence-electron chi connectivity index (χ0n) is 14.7. The maximum absolute atomic E-state index is 12.8. The number of hydrogen-bond acceptors (Lipinski definition) is 7. The molecule has 0 spiro atoms. The second-order valence-corrected chi connectivity index (χ2v) is 8.24. The van der Waals surface area contributed by atoms with Crippen LogP contribution in [0.2, 0.25) is 0 Å². The largest absolute Gasteiger partial charge is 0.495 e. The summed E-state index contributed by atoms with van der Waals surface area (Å²) < 4.78 is 39.8. The van der Waals surface area contributed by atoms with Crippen LogP contribution in [0.25, 0.3) is 10.2 Å². The normalized spacial score (nSPS) is 11.4. The van der Waals surface area contributed by atoms with Gasteiger partial charge in [-0.3, -0.25) is 9.52 Å². The number of aryl methyl sites for hydroxylation is 1. The Morgan fingerprint density at radius 3 is 2.56 bits per heavy atom. The van der Waals surface area contributed by atoms with Crippen molar-refractivity contribution in [3.63, 3.8) is 0 Å². The number of sulfonamides is 1. The van der Waals surface area contributed by atoms with E-state index < -0.39 is 16.0 Å². The molecule has 3 aromatic rings. The molecule has 2 aromatic carbocycles. The van der Waals surface area contributed by atoms with Gasteiger partial charge in [0, 0.05) is 7.05 Å². The number of rotatable bonds is 5. The monoisotopic (exact) mass is 408 g/mol. The van der Waals surface area contributed by atoms with Crippen LogP contribution in [0.4, 0.5) is 5.69 Å². The molecule has 0 aliphatic rings. The highest BCUT2D eigenvalue weighted by molar-refractivity contribution is 7.92. The number of nitrogens with one attached hydrogen (secondary N) is 1. The molecule has 8 nitrogen and oxygen atoms in total. The zero-order chi connectivity index (χ0) is 19.8. The van der Waals surface area contributed by atoms with Gasteiger partial charge in [0.15, 0.2) is 0 Å². The van der Waals surface area contributed by atoms with E-state index in [4.69, 9.17) is 4.74 Å². The lowest BCUT2D eigenvalue weighted by Crippen LogP contribution is -2.14. The number of nitrogens with zero attached hydrogens (tertiary/aromatic N) is 1. The van der Waals surface area contributed by atoms with Crippen molar-refractivity contribution in [3.8, 4) is 5.75 Å². The number of carbonyl (C=O) groups is 1. The summed E-state index contributed by atoms with van der Waals surface area (Å²) >= 11 is 0.962. The lowest BCUT2D eigenvalue weighted by molar-refractivity contribution is 0.0600. The highest BCUT2D eigenvalue weighted by Crippen LogP contribution is 2.29. The van der Waals surface area contributed by atoms with Gasteiger partial charge in [0.25, 0.3) is 10.0 Å². The van der Waals surface area contributed by atoms with Gasteiger partial charge in [0.2, 0.25) is 0 Å². The third-order valence-corrected chi connectivity index (χ3v) is 6.30. The molecule has 0 amide bonds. The van der Waals surface area contributed by atoms with Gasteiger partial charge in [-0.2, -0.15) is 0 Å². The topological polar surface area (TPSA) is 104 Å². The Balaban J connectivity index is 2.03. The first-order valence-corrected chi connectivity index (χ1v) is 9.95. The van der Waals surface area contributed by atoms with E-state index in [2.05, 4.69) is 9.46 Å². The summed E-state index contributed by atoms with van der Waals surface area (Å²) in [6.07, 6.45) is 0. The average molecular weight is 408 g/mol. The van der Waals surface area contributed by atoms with Gasteiger partial charge in [-0.15, -0.1) is 0 Å². The van der Waals surface area contributed by atoms with Gasteiger partial charge < -0.3 is 14.0 Å². The molecule has 0 aliphatic carbocycles. The Morgan fingerprint density at radius 2 is 1.89 bits per heavy atom. The molecule has 0 aliphatic heterocycles. The van der Waals surface area contributed by atoms with Crippen LogP contribution < -0.4 is 14.3 Å². The second-order valence-electron chi connectivity index (χ2n) is 5.57. The fraction of sp³-hybridized carbons (Fsp3) is 0.176. The van der Waals surface area contributed by atoms with Crippen molar-refractivity contribution < 1.29 is 22.7 Å². The number of ether oxygens (including phenoxy) is 2. The van der Waals surface area contributed by atoms with Gasteiger partial charge in [0.05, 0.1) is 40.6 Å². The van der Waals surface area contributed by atoms with Crippen LogP contribution in [0.3, 0.4) is 0 Å². The Labute approximate surface area is 159 Å². The number of benzene rings is 2. The number of hydrogen-bond donors (Lipinski definition) is 1. The molecule has 1 N–H and O–H groups in total. The van der Waals surface area contributed by atoms with Crippen LogP contribution >= 0.6 is 11.3 Å². The summed E-state index contributed by atoms with van der Waals surface area (Å²) in [6.45, 7) is 0. The molecule has 0 fully saturated rings. The fourth-order valence-corrected chi connectivity index (χ4v) is 4.60. The first-order valence-electron chi connectivity index (χ1n) is 7.65. The van der Waals surface area contributed by atoms with E-state index in [0.717, 1.165) is 11.3 Å². The van der Waals surface area contributed by atoms with Crippen LogP contribution in [-0.4, -0.2) is 33.2 Å². The summed E-state index contributed by atoms with van der Waals surface area (Å²) in [7, 11) is 0.265. The molecule has 1 heterocycles. The third-order valence-electron chi connectivity index (χ3n) is 3.94. The molecule has 0 bridgehead atoms. The summed E-state index contributed by atoms with van der Waals surface area (Å²) in [6, 6.07) is 8.69. The first-order chi connectivity index (χ1) is 12.8. The van der Waals surface area contributed by atoms with Gasteiger partial charge in [0.1, 0.15) is 5.75 Å². The molecular weight excluding hydrogens is 392 g/mol. The van der Waals surface area contributed by atoms with E-state index in [1.54, 1.807) is 13.1 Å². The summed E-state index contributed by atoms with van der Waals surface area (Å²) in [5.41, 5.74) is 0.920. The Morgan fingerprint density at radius 1 is 1.15 bits per heavy atom. The maximum Gasteiger partial charge on any atom is 0.337 e. The quantitative estimate of drug-likeness (QED) is 0.649. The third kappa shape index (κ3) is 3.53. The van der Waals surface area contributed by atoms with Crippen LogP contribution in [-0.2, 0) is 21.8 Å². The zero-order valence-corrected chi connectivity index (χ0v) is 16.3. The van der Waals surface area contributed by atoms with Crippen molar-refractivity contribution in [2.75, 3.05) is 18.9 Å². The Bertz CT molecular complexity index is 1190. The predicted octanol–water partition coefficient (Wildman–Crippen LogP) is 2.20. The van der Waals surface area contributed by atoms with E-state index in [1.807, 2.05) is 0 Å². The summed E-state index contributed by atoms with van der Waals surface area (Å²) in [5.74, 6) is -0.356. The molecule has 0 saturated carbocycles. The highest BCUT2D eigenvalue weighted by Gasteiger charge is 2.20. The van der Waals surface area contributed by atoms with Crippen LogP contribution in [0, 0.1) is 0 Å². The maximum atomic E-state index is 12.8. The van der Waals surface area contributed by atoms with E-state index in [1.165, 1.54) is 49.1 Å². The van der Waals surface area contributed by atoms with Gasteiger partial charge in [-0.25, -0.2) is 13.2 Å². The average Bonchev–Trinajstić information content (AvgIpc) is 2.94. The number of methoxy groups -OCH3 is 2. The molecule has 142 valence electrons. The molecule has 1 aromatic heterocycles. The van der Waals surface area contributed by atoms with Crippen LogP contribution in [0.15, 0.2) is 46.1 Å². The van der Waals surface area contributed by atoms with Gasteiger partial charge >= 0.3 is 10.8 Å². The summed E-state index contributed by atoms with van der Waals surface area (Å²) in [5, 5.41) is 0. The Kier molecular flexibility index (Phi) is 4.94. The number of fused-ring (bicyclic) bond motifs is 1. The smallest absolute Gasteiger partial charge is 0.337 e. The number of aromatic nitrogens is 1. The van der Waals surface area contributed by atoms with Crippen molar-refractivity contribution in [2.24, 2.45) is 7.05 Å². The van der Waals surface area contributed by atoms with Crippen molar-refractivity contribution in [1.82, 2.24) is 4.57 Å². The molecule has 0 radical (unpaired) electrons. The van der Waals surface area contributed by atoms with E-state index in [-0.39, 0.29) is 26.8 Å². The van der Waals surface area contributed by atoms with Crippen molar-refractivity contribution in [1.29, 1.82) is 0 Å². The minimum absolute atomic E-state index is 0.0117. The number of carbonyl (C=O) groups excluding carboxylic acids is 1. The van der Waals surface area contributed by atoms with Crippen LogP contribution in [0.1, 0.15) is 10.4 Å². The van der Waals surface area contributed by atoms with Crippen molar-refractivity contribution in [2.45, 2.75) is 4.90 Å². The second kappa shape index (κ2) is 7.05. The van der Waals surface area contributed by atoms with E-state index in [0.29, 0.717) is 10.2 Å². The van der Waals surface area contributed by atoms with Crippen molar-refractivity contribution in [3.05, 3.63) is 51.6 Å². The minimum atomic E-state index is -3.98. The number of thiazole rings is 1. The van der Waals surface area contributed by atoms with Crippen molar-refractivity contribution >= 4 is 43.2 Å². The molecule has 0 saturated heterocycles. The van der Waals surface area contributed by atoms with Crippen LogP contribution in [0.5, 0.6) is 5.75 Å². The predicted molar refractivity (Wildman–Crippen MR) is 102 cm³/mol. The van der Waals surface area contributed by atoms with E-state index in [9.17, 15) is 18.0 Å². The van der Waals surface area contributed by atoms with Gasteiger partial charge in [-0.05, 0) is 36.4 Å². The standard InChI is InChI=1S/C17H16N2O6S2/c1-19-13-6-5-11(9-15(13)26-17(19)21)27(22,23)18-12-8-10(16(20)25-3)4-7-14(12)24-2/h4-9,18H,1-3H3. The highest BCUT2D eigenvalue weighted by atomic mass is 32.2. The SMILES string of the molecule is COC(=O)c1ccc(OC)c(NS(=O)(=O)c2ccc3c(c2)sc(=O)n3C)c1. The Hall–Kier alpha value is -2.85.